The van der Waals surface area contributed by atoms with Crippen LogP contribution in [0.2, 0.25) is 0 Å². The Labute approximate surface area is 344 Å². The van der Waals surface area contributed by atoms with Gasteiger partial charge in [-0.25, -0.2) is 0 Å². The zero-order valence-electron chi connectivity index (χ0n) is 36.4. The molecule has 0 amide bonds. The highest BCUT2D eigenvalue weighted by Gasteiger charge is 2.19. The van der Waals surface area contributed by atoms with Gasteiger partial charge in [0.25, 0.3) is 0 Å². The molecule has 1 unspecified atom stereocenters. The summed E-state index contributed by atoms with van der Waals surface area (Å²) in [6.07, 6.45) is 54.6. The summed E-state index contributed by atoms with van der Waals surface area (Å²) in [6, 6.07) is 0. The fraction of sp³-hybridized carbons (Fsp3) is 0.700. The molecule has 1 atom stereocenters. The van der Waals surface area contributed by atoms with Crippen molar-refractivity contribution in [1.29, 1.82) is 0 Å². The summed E-state index contributed by atoms with van der Waals surface area (Å²) in [5.41, 5.74) is 0. The minimum Gasteiger partial charge on any atom is -0.462 e. The van der Waals surface area contributed by atoms with Crippen molar-refractivity contribution in [2.24, 2.45) is 0 Å². The predicted octanol–water partition coefficient (Wildman–Crippen LogP) is 14.7. The van der Waals surface area contributed by atoms with Gasteiger partial charge in [-0.2, -0.15) is 0 Å². The minimum atomic E-state index is -0.794. The molecule has 0 spiro atoms. The van der Waals surface area contributed by atoms with Gasteiger partial charge in [-0.05, 0) is 64.2 Å². The van der Waals surface area contributed by atoms with Gasteiger partial charge in [0.1, 0.15) is 13.2 Å². The zero-order chi connectivity index (χ0) is 40.8. The van der Waals surface area contributed by atoms with Gasteiger partial charge in [0.15, 0.2) is 6.10 Å². The summed E-state index contributed by atoms with van der Waals surface area (Å²) in [5.74, 6) is -0.959. The summed E-state index contributed by atoms with van der Waals surface area (Å²) < 4.78 is 16.6. The van der Waals surface area contributed by atoms with Crippen molar-refractivity contribution in [2.75, 3.05) is 13.2 Å². The van der Waals surface area contributed by atoms with Crippen LogP contribution in [0.5, 0.6) is 0 Å². The maximum Gasteiger partial charge on any atom is 0.306 e. The lowest BCUT2D eigenvalue weighted by Gasteiger charge is -2.18. The first kappa shape index (κ1) is 52.9. The van der Waals surface area contributed by atoms with E-state index in [-0.39, 0.29) is 31.1 Å². The number of hydrogen-bond acceptors (Lipinski definition) is 6. The fourth-order valence-corrected chi connectivity index (χ4v) is 6.14. The fourth-order valence-electron chi connectivity index (χ4n) is 6.14. The molecule has 6 nitrogen and oxygen atoms in total. The molecule has 0 saturated heterocycles. The molecule has 0 aromatic carbocycles. The van der Waals surface area contributed by atoms with E-state index >= 15 is 0 Å². The largest absolute Gasteiger partial charge is 0.462 e. The van der Waals surface area contributed by atoms with E-state index in [2.05, 4.69) is 69.4 Å². The highest BCUT2D eigenvalue weighted by Crippen LogP contribution is 2.14. The summed E-state index contributed by atoms with van der Waals surface area (Å²) in [4.78, 5) is 37.7. The van der Waals surface area contributed by atoms with Gasteiger partial charge in [0.05, 0.1) is 0 Å². The smallest absolute Gasteiger partial charge is 0.306 e. The van der Waals surface area contributed by atoms with Crippen LogP contribution in [0, 0.1) is 0 Å². The molecule has 0 N–H and O–H groups in total. The maximum absolute atomic E-state index is 12.7. The number of unbranched alkanes of at least 4 members (excludes halogenated alkanes) is 20. The van der Waals surface area contributed by atoms with Crippen molar-refractivity contribution in [3.8, 4) is 0 Å². The van der Waals surface area contributed by atoms with Crippen molar-refractivity contribution in [3.05, 3.63) is 72.9 Å². The molecule has 320 valence electrons. The van der Waals surface area contributed by atoms with Crippen molar-refractivity contribution >= 4 is 17.9 Å². The SMILES string of the molecule is CC\C=C/C=C\C=C/C=C\CCCCCCCC(=O)OCC(COC(=O)CCCC/C=C\C/C=C\CC)OC(=O)CCCCCCCCCCCCCCCC. The van der Waals surface area contributed by atoms with Crippen LogP contribution in [0.25, 0.3) is 0 Å². The van der Waals surface area contributed by atoms with E-state index in [1.165, 1.54) is 70.6 Å². The van der Waals surface area contributed by atoms with E-state index in [4.69, 9.17) is 14.2 Å². The van der Waals surface area contributed by atoms with Crippen molar-refractivity contribution in [1.82, 2.24) is 0 Å². The van der Waals surface area contributed by atoms with Crippen LogP contribution in [0.1, 0.15) is 207 Å². The Balaban J connectivity index is 4.42. The lowest BCUT2D eigenvalue weighted by Crippen LogP contribution is -2.30. The quantitative estimate of drug-likeness (QED) is 0.0203. The molecule has 6 heteroatoms. The van der Waals surface area contributed by atoms with Crippen LogP contribution in [-0.2, 0) is 28.6 Å². The molecule has 0 aliphatic heterocycles. The maximum atomic E-state index is 12.7. The molecule has 0 aliphatic rings. The van der Waals surface area contributed by atoms with Gasteiger partial charge >= 0.3 is 17.9 Å². The Bertz CT molecular complexity index is 1080. The third-order valence-electron chi connectivity index (χ3n) is 9.55. The van der Waals surface area contributed by atoms with Gasteiger partial charge in [-0.1, -0.05) is 196 Å². The Morgan fingerprint density at radius 1 is 0.393 bits per heavy atom. The molecular weight excluding hydrogens is 697 g/mol. The van der Waals surface area contributed by atoms with E-state index in [9.17, 15) is 14.4 Å². The normalized spacial score (nSPS) is 12.7. The molecule has 56 heavy (non-hydrogen) atoms. The monoisotopic (exact) mass is 781 g/mol. The van der Waals surface area contributed by atoms with Gasteiger partial charge in [-0.3, -0.25) is 14.4 Å². The molecule has 0 heterocycles. The van der Waals surface area contributed by atoms with Crippen molar-refractivity contribution in [2.45, 2.75) is 213 Å². The summed E-state index contributed by atoms with van der Waals surface area (Å²) in [7, 11) is 0. The number of ether oxygens (including phenoxy) is 3. The van der Waals surface area contributed by atoms with Crippen LogP contribution >= 0.6 is 0 Å². The lowest BCUT2D eigenvalue weighted by atomic mass is 10.0. The molecule has 0 aromatic rings. The molecule has 0 bridgehead atoms. The van der Waals surface area contributed by atoms with Crippen molar-refractivity contribution < 1.29 is 28.6 Å². The van der Waals surface area contributed by atoms with Gasteiger partial charge in [0, 0.05) is 19.3 Å². The molecule has 0 rings (SSSR count). The molecule has 0 saturated carbocycles. The number of rotatable bonds is 40. The lowest BCUT2D eigenvalue weighted by molar-refractivity contribution is -0.167. The van der Waals surface area contributed by atoms with E-state index in [0.29, 0.717) is 19.3 Å². The third kappa shape index (κ3) is 42.0. The summed E-state index contributed by atoms with van der Waals surface area (Å²) >= 11 is 0. The van der Waals surface area contributed by atoms with Crippen LogP contribution in [0.3, 0.4) is 0 Å². The Morgan fingerprint density at radius 2 is 0.786 bits per heavy atom. The number of carbonyl (C=O) groups is 3. The Morgan fingerprint density at radius 3 is 1.32 bits per heavy atom. The molecule has 0 fully saturated rings. The predicted molar refractivity (Wildman–Crippen MR) is 238 cm³/mol. The van der Waals surface area contributed by atoms with E-state index in [0.717, 1.165) is 96.3 Å². The van der Waals surface area contributed by atoms with E-state index in [1.54, 1.807) is 0 Å². The highest BCUT2D eigenvalue weighted by molar-refractivity contribution is 5.71. The molecule has 0 radical (unpaired) electrons. The van der Waals surface area contributed by atoms with Gasteiger partial charge < -0.3 is 14.2 Å². The second kappa shape index (κ2) is 44.6. The topological polar surface area (TPSA) is 78.9 Å². The minimum absolute atomic E-state index is 0.0973. The number of hydrogen-bond donors (Lipinski definition) is 0. The van der Waals surface area contributed by atoms with Crippen LogP contribution in [-0.4, -0.2) is 37.2 Å². The first-order valence-electron chi connectivity index (χ1n) is 23.0. The van der Waals surface area contributed by atoms with E-state index in [1.807, 2.05) is 24.3 Å². The number of carbonyl (C=O) groups excluding carboxylic acids is 3. The standard InChI is InChI=1S/C50H84O6/c1-4-7-10-13-16-19-21-23-25-27-28-31-34-37-40-43-49(52)55-46-47(45-54-48(51)42-39-36-33-30-18-15-12-9-6-3)56-50(53)44-41-38-35-32-29-26-24-22-20-17-14-11-8-5-2/h7,9-10,12-13,16,18-19,21,23,25,30,47H,4-6,8,11,14-15,17,20,22,24,26-29,31-46H2,1-3H3/b10-7-,12-9-,16-13-,21-19-,25-23-,30-18-. The van der Waals surface area contributed by atoms with Gasteiger partial charge in [-0.15, -0.1) is 0 Å². The average molecular weight is 781 g/mol. The third-order valence-corrected chi connectivity index (χ3v) is 9.55. The molecule has 0 aliphatic carbocycles. The Hall–Kier alpha value is -3.15. The van der Waals surface area contributed by atoms with Gasteiger partial charge in [0.2, 0.25) is 0 Å². The first-order valence-corrected chi connectivity index (χ1v) is 23.0. The highest BCUT2D eigenvalue weighted by atomic mass is 16.6. The van der Waals surface area contributed by atoms with Crippen molar-refractivity contribution in [3.63, 3.8) is 0 Å². The second-order valence-corrected chi connectivity index (χ2v) is 15.0. The summed E-state index contributed by atoms with van der Waals surface area (Å²) in [6.45, 7) is 6.31. The molecular formula is C50H84O6. The molecule has 0 aromatic heterocycles. The average Bonchev–Trinajstić information content (AvgIpc) is 3.19. The van der Waals surface area contributed by atoms with E-state index < -0.39 is 6.10 Å². The zero-order valence-corrected chi connectivity index (χ0v) is 36.4. The van der Waals surface area contributed by atoms with Crippen LogP contribution in [0.15, 0.2) is 72.9 Å². The number of esters is 3. The Kier molecular flexibility index (Phi) is 42.1. The van der Waals surface area contributed by atoms with Crippen LogP contribution in [0.4, 0.5) is 0 Å². The summed E-state index contributed by atoms with van der Waals surface area (Å²) in [5, 5.41) is 0. The number of allylic oxidation sites excluding steroid dienone is 12. The second-order valence-electron chi connectivity index (χ2n) is 15.0. The first-order chi connectivity index (χ1) is 27.5. The van der Waals surface area contributed by atoms with Crippen LogP contribution < -0.4 is 0 Å².